The predicted octanol–water partition coefficient (Wildman–Crippen LogP) is 5.21. The van der Waals surface area contributed by atoms with Crippen molar-refractivity contribution in [1.82, 2.24) is 25.2 Å². The summed E-state index contributed by atoms with van der Waals surface area (Å²) >= 11 is 6.60. The van der Waals surface area contributed by atoms with Gasteiger partial charge >= 0.3 is 12.2 Å². The number of morpholine rings is 1. The van der Waals surface area contributed by atoms with Crippen LogP contribution in [0, 0.1) is 18.2 Å². The summed E-state index contributed by atoms with van der Waals surface area (Å²) < 4.78 is 71.2. The number of nitrogens with one attached hydrogen (secondary N) is 1. The first-order valence-electron chi connectivity index (χ1n) is 15.4. The molecule has 0 radical (unpaired) electrons. The molecular formula is C31H36ClF4N7O2. The molecule has 5 heterocycles. The van der Waals surface area contributed by atoms with E-state index in [0.717, 1.165) is 44.8 Å². The van der Waals surface area contributed by atoms with E-state index in [9.17, 15) is 13.2 Å². The zero-order valence-corrected chi connectivity index (χ0v) is 25.9. The molecule has 2 bridgehead atoms. The van der Waals surface area contributed by atoms with E-state index in [4.69, 9.17) is 31.8 Å². The van der Waals surface area contributed by atoms with Crippen molar-refractivity contribution in [1.29, 1.82) is 0 Å². The van der Waals surface area contributed by atoms with Gasteiger partial charge in [-0.1, -0.05) is 11.6 Å². The molecule has 4 fully saturated rings. The number of benzene rings is 1. The molecule has 3 N–H and O–H groups in total. The lowest BCUT2D eigenvalue weighted by Gasteiger charge is -2.36. The first-order valence-corrected chi connectivity index (χ1v) is 15.8. The number of aryl methyl sites for hydroxylation is 1. The molecule has 2 aromatic heterocycles. The van der Waals surface area contributed by atoms with Crippen LogP contribution in [-0.4, -0.2) is 84.0 Å². The highest BCUT2D eigenvalue weighted by atomic mass is 35.5. The number of rotatable bonds is 7. The number of nitrogens with zero attached hydrogens (tertiary/aromatic N) is 5. The van der Waals surface area contributed by atoms with E-state index in [1.54, 1.807) is 0 Å². The number of hydrogen-bond acceptors (Lipinski definition) is 9. The Hall–Kier alpha value is -3.00. The summed E-state index contributed by atoms with van der Waals surface area (Å²) in [5.41, 5.74) is 3.12. The highest BCUT2D eigenvalue weighted by Gasteiger charge is 2.46. The Bertz CT molecular complexity index is 1620. The minimum Gasteiger partial charge on any atom is -0.463 e. The highest BCUT2D eigenvalue weighted by Crippen LogP contribution is 2.48. The molecule has 2 unspecified atom stereocenters. The van der Waals surface area contributed by atoms with Crippen LogP contribution >= 0.6 is 11.6 Å². The SMILES string of the molecule is Cc1cc(N)nc(-c2c(Cl)cc3c(N4CC5CCC(C4)N5)nc(OCC4(CN5CCOC[C@H]5C)CC4)nc3c2F)c1C(F)(F)F. The third-order valence-corrected chi connectivity index (χ3v) is 9.92. The lowest BCUT2D eigenvalue weighted by Crippen LogP contribution is -2.51. The number of hydrogen-bond donors (Lipinski definition) is 2. The third kappa shape index (κ3) is 5.88. The summed E-state index contributed by atoms with van der Waals surface area (Å²) in [7, 11) is 0. The summed E-state index contributed by atoms with van der Waals surface area (Å²) in [5, 5.41) is 3.63. The van der Waals surface area contributed by atoms with Crippen LogP contribution in [0.5, 0.6) is 6.01 Å². The first-order chi connectivity index (χ1) is 21.4. The van der Waals surface area contributed by atoms with E-state index in [2.05, 4.69) is 32.0 Å². The summed E-state index contributed by atoms with van der Waals surface area (Å²) in [5.74, 6) is -0.769. The number of halogens is 5. The molecule has 4 aliphatic rings. The molecule has 3 aliphatic heterocycles. The summed E-state index contributed by atoms with van der Waals surface area (Å²) in [6.07, 6.45) is -0.848. The number of ether oxygens (including phenoxy) is 2. The molecular weight excluding hydrogens is 614 g/mol. The Morgan fingerprint density at radius 1 is 1.16 bits per heavy atom. The number of aromatic nitrogens is 3. The van der Waals surface area contributed by atoms with Gasteiger partial charge in [0.2, 0.25) is 0 Å². The van der Waals surface area contributed by atoms with Gasteiger partial charge in [0.15, 0.2) is 5.82 Å². The molecule has 45 heavy (non-hydrogen) atoms. The lowest BCUT2D eigenvalue weighted by atomic mass is 9.99. The van der Waals surface area contributed by atoms with Gasteiger partial charge in [-0.2, -0.15) is 23.1 Å². The van der Waals surface area contributed by atoms with Crippen LogP contribution in [-0.2, 0) is 10.9 Å². The van der Waals surface area contributed by atoms with Gasteiger partial charge < -0.3 is 25.4 Å². The largest absolute Gasteiger partial charge is 0.463 e. The maximum Gasteiger partial charge on any atom is 0.418 e. The molecule has 3 aromatic rings. The van der Waals surface area contributed by atoms with Crippen LogP contribution in [0.2, 0.25) is 5.02 Å². The van der Waals surface area contributed by atoms with Gasteiger partial charge in [-0.05, 0) is 57.2 Å². The predicted molar refractivity (Wildman–Crippen MR) is 163 cm³/mol. The van der Waals surface area contributed by atoms with Crippen molar-refractivity contribution < 1.29 is 27.0 Å². The number of alkyl halides is 3. The van der Waals surface area contributed by atoms with Crippen LogP contribution in [0.25, 0.3) is 22.2 Å². The number of fused-ring (bicyclic) bond motifs is 3. The van der Waals surface area contributed by atoms with Crippen LogP contribution in [0.4, 0.5) is 29.2 Å². The molecule has 1 aromatic carbocycles. The normalized spacial score (nSPS) is 24.8. The molecule has 3 saturated heterocycles. The summed E-state index contributed by atoms with van der Waals surface area (Å²) in [6, 6.07) is 3.31. The average Bonchev–Trinajstić information content (AvgIpc) is 3.66. The van der Waals surface area contributed by atoms with E-state index in [-0.39, 0.29) is 45.4 Å². The van der Waals surface area contributed by atoms with E-state index in [0.29, 0.717) is 50.2 Å². The van der Waals surface area contributed by atoms with Crippen molar-refractivity contribution >= 4 is 34.1 Å². The second-order valence-electron chi connectivity index (χ2n) is 13.1. The average molecular weight is 650 g/mol. The molecule has 7 rings (SSSR count). The standard InChI is InChI=1S/C31H36ClF4N7O2/c1-16-9-22(37)39-27(24(16)31(34,35)36)23-21(32)10-20-26(25(23)33)40-29(41-28(20)43-11-18-3-4-19(12-43)38-18)45-15-30(5-6-30)14-42-7-8-44-13-17(42)2/h9-10,17-19,38H,3-8,11-15H2,1-2H3,(H2,37,39)/t17-,18?,19?/m1/s1. The van der Waals surface area contributed by atoms with Gasteiger partial charge in [-0.25, -0.2) is 9.37 Å². The van der Waals surface area contributed by atoms with Crippen molar-refractivity contribution in [2.75, 3.05) is 56.6 Å². The first kappa shape index (κ1) is 30.6. The van der Waals surface area contributed by atoms with Crippen molar-refractivity contribution in [2.45, 2.75) is 63.8 Å². The Balaban J connectivity index is 1.31. The Kier molecular flexibility index (Phi) is 7.73. The van der Waals surface area contributed by atoms with Gasteiger partial charge in [0.05, 0.1) is 41.7 Å². The number of nitrogens with two attached hydrogens (primary N) is 1. The minimum absolute atomic E-state index is 0.0235. The van der Waals surface area contributed by atoms with E-state index < -0.39 is 28.8 Å². The molecule has 242 valence electrons. The van der Waals surface area contributed by atoms with Crippen LogP contribution in [0.15, 0.2) is 12.1 Å². The monoisotopic (exact) mass is 649 g/mol. The lowest BCUT2D eigenvalue weighted by molar-refractivity contribution is -0.137. The van der Waals surface area contributed by atoms with E-state index in [1.165, 1.54) is 13.0 Å². The highest BCUT2D eigenvalue weighted by molar-refractivity contribution is 6.34. The Labute approximate surface area is 263 Å². The van der Waals surface area contributed by atoms with Crippen LogP contribution in [0.1, 0.15) is 43.7 Å². The fraction of sp³-hybridized carbons (Fsp3) is 0.581. The number of nitrogen functional groups attached to an aromatic ring is 1. The topological polar surface area (TPSA) is 102 Å². The summed E-state index contributed by atoms with van der Waals surface area (Å²) in [6.45, 7) is 8.06. The minimum atomic E-state index is -4.83. The molecule has 14 heteroatoms. The number of piperazine rings is 1. The quantitative estimate of drug-likeness (QED) is 0.334. The van der Waals surface area contributed by atoms with E-state index in [1.807, 2.05) is 0 Å². The zero-order valence-electron chi connectivity index (χ0n) is 25.2. The third-order valence-electron chi connectivity index (χ3n) is 9.62. The Morgan fingerprint density at radius 3 is 2.56 bits per heavy atom. The van der Waals surface area contributed by atoms with Crippen molar-refractivity contribution in [2.24, 2.45) is 5.41 Å². The van der Waals surface area contributed by atoms with Crippen molar-refractivity contribution in [3.05, 3.63) is 34.1 Å². The zero-order chi connectivity index (χ0) is 31.7. The van der Waals surface area contributed by atoms with E-state index >= 15 is 4.39 Å². The summed E-state index contributed by atoms with van der Waals surface area (Å²) in [4.78, 5) is 17.6. The van der Waals surface area contributed by atoms with Gasteiger partial charge in [-0.15, -0.1) is 0 Å². The van der Waals surface area contributed by atoms with Crippen LogP contribution < -0.4 is 20.7 Å². The molecule has 0 amide bonds. The van der Waals surface area contributed by atoms with Gasteiger partial charge in [0.25, 0.3) is 0 Å². The fourth-order valence-electron chi connectivity index (χ4n) is 7.06. The van der Waals surface area contributed by atoms with Crippen molar-refractivity contribution in [3.8, 4) is 17.3 Å². The molecule has 0 spiro atoms. The van der Waals surface area contributed by atoms with Crippen molar-refractivity contribution in [3.63, 3.8) is 0 Å². The second kappa shape index (κ2) is 11.4. The van der Waals surface area contributed by atoms with Gasteiger partial charge in [0.1, 0.15) is 17.2 Å². The second-order valence-corrected chi connectivity index (χ2v) is 13.5. The molecule has 3 atom stereocenters. The smallest absolute Gasteiger partial charge is 0.418 e. The molecule has 1 saturated carbocycles. The molecule has 1 aliphatic carbocycles. The molecule has 9 nitrogen and oxygen atoms in total. The fourth-order valence-corrected chi connectivity index (χ4v) is 7.34. The number of anilines is 2. The van der Waals surface area contributed by atoms with Gasteiger partial charge in [-0.3, -0.25) is 4.90 Å². The number of pyridine rings is 1. The maximum absolute atomic E-state index is 16.7. The Morgan fingerprint density at radius 2 is 1.89 bits per heavy atom. The van der Waals surface area contributed by atoms with Gasteiger partial charge in [0, 0.05) is 55.1 Å². The maximum atomic E-state index is 16.7. The van der Waals surface area contributed by atoms with Crippen LogP contribution in [0.3, 0.4) is 0 Å².